The van der Waals surface area contributed by atoms with Crippen molar-refractivity contribution in [3.8, 4) is 0 Å². The van der Waals surface area contributed by atoms with E-state index in [9.17, 15) is 0 Å². The molecule has 2 N–H and O–H groups in total. The molecule has 0 radical (unpaired) electrons. The van der Waals surface area contributed by atoms with E-state index >= 15 is 0 Å². The van der Waals surface area contributed by atoms with E-state index < -0.39 is 0 Å². The van der Waals surface area contributed by atoms with Gasteiger partial charge in [-0.3, -0.25) is 4.98 Å². The molecule has 0 saturated heterocycles. The van der Waals surface area contributed by atoms with Crippen LogP contribution in [0, 0.1) is 13.8 Å². The Bertz CT molecular complexity index is 517. The van der Waals surface area contributed by atoms with Crippen LogP contribution in [0.25, 0.3) is 0 Å². The van der Waals surface area contributed by atoms with E-state index in [1.54, 1.807) is 0 Å². The molecule has 17 heavy (non-hydrogen) atoms. The van der Waals surface area contributed by atoms with Crippen molar-refractivity contribution in [2.75, 3.05) is 0 Å². The summed E-state index contributed by atoms with van der Waals surface area (Å²) in [6, 6.07) is 11.4. The quantitative estimate of drug-likeness (QED) is 0.882. The fourth-order valence-electron chi connectivity index (χ4n) is 1.90. The summed E-state index contributed by atoms with van der Waals surface area (Å²) in [6.07, 6.45) is 0. The first-order valence-corrected chi connectivity index (χ1v) is 5.90. The Balaban J connectivity index is 2.39. The molecule has 0 aliphatic rings. The lowest BCUT2D eigenvalue weighted by Gasteiger charge is -2.13. The average molecular weight is 247 g/mol. The van der Waals surface area contributed by atoms with Crippen molar-refractivity contribution in [3.05, 3.63) is 63.9 Å². The number of nitrogens with zero attached hydrogens (tertiary/aromatic N) is 1. The highest BCUT2D eigenvalue weighted by atomic mass is 35.5. The van der Waals surface area contributed by atoms with Crippen molar-refractivity contribution in [2.45, 2.75) is 19.9 Å². The van der Waals surface area contributed by atoms with Gasteiger partial charge in [-0.2, -0.15) is 0 Å². The van der Waals surface area contributed by atoms with Crippen LogP contribution < -0.4 is 5.73 Å². The van der Waals surface area contributed by atoms with Crippen LogP contribution in [-0.2, 0) is 0 Å². The Kier molecular flexibility index (Phi) is 3.46. The van der Waals surface area contributed by atoms with Gasteiger partial charge in [0.25, 0.3) is 0 Å². The van der Waals surface area contributed by atoms with Crippen molar-refractivity contribution in [1.29, 1.82) is 0 Å². The van der Waals surface area contributed by atoms with E-state index in [0.717, 1.165) is 17.0 Å². The van der Waals surface area contributed by atoms with E-state index in [1.807, 2.05) is 50.2 Å². The van der Waals surface area contributed by atoms with Crippen molar-refractivity contribution in [3.63, 3.8) is 0 Å². The van der Waals surface area contributed by atoms with Gasteiger partial charge in [0.2, 0.25) is 0 Å². The molecule has 0 fully saturated rings. The number of aromatic nitrogens is 1. The lowest BCUT2D eigenvalue weighted by Crippen LogP contribution is -2.14. The standard InChI is InChI=1S/C14H15ClN2/c1-9-6-10(2)17-13(7-9)14(16)11-4-3-5-12(15)8-11/h3-8,14H,16H2,1-2H3. The number of halogens is 1. The van der Waals surface area contributed by atoms with Gasteiger partial charge in [0, 0.05) is 10.7 Å². The summed E-state index contributed by atoms with van der Waals surface area (Å²) in [5, 5.41) is 0.697. The molecular weight excluding hydrogens is 232 g/mol. The molecule has 1 atom stereocenters. The molecule has 2 rings (SSSR count). The maximum absolute atomic E-state index is 6.20. The first-order chi connectivity index (χ1) is 8.06. The van der Waals surface area contributed by atoms with Crippen LogP contribution in [-0.4, -0.2) is 4.98 Å². The molecule has 2 aromatic rings. The van der Waals surface area contributed by atoms with Crippen LogP contribution in [0.2, 0.25) is 5.02 Å². The molecule has 1 aromatic heterocycles. The summed E-state index contributed by atoms with van der Waals surface area (Å²) in [7, 11) is 0. The normalized spacial score (nSPS) is 12.5. The minimum atomic E-state index is -0.229. The topological polar surface area (TPSA) is 38.9 Å². The lowest BCUT2D eigenvalue weighted by atomic mass is 10.0. The lowest BCUT2D eigenvalue weighted by molar-refractivity contribution is 0.819. The highest BCUT2D eigenvalue weighted by molar-refractivity contribution is 6.30. The highest BCUT2D eigenvalue weighted by Crippen LogP contribution is 2.21. The average Bonchev–Trinajstić information content (AvgIpc) is 2.26. The van der Waals surface area contributed by atoms with Gasteiger partial charge < -0.3 is 5.73 Å². The molecular formula is C14H15ClN2. The Hall–Kier alpha value is -1.38. The van der Waals surface area contributed by atoms with Gasteiger partial charge in [0.05, 0.1) is 11.7 Å². The Morgan fingerprint density at radius 1 is 1.18 bits per heavy atom. The van der Waals surface area contributed by atoms with Crippen molar-refractivity contribution < 1.29 is 0 Å². The molecule has 88 valence electrons. The summed E-state index contributed by atoms with van der Waals surface area (Å²) in [5.41, 5.74) is 10.2. The van der Waals surface area contributed by atoms with Crippen LogP contribution in [0.3, 0.4) is 0 Å². The van der Waals surface area contributed by atoms with Crippen molar-refractivity contribution >= 4 is 11.6 Å². The summed E-state index contributed by atoms with van der Waals surface area (Å²) in [6.45, 7) is 4.02. The smallest absolute Gasteiger partial charge is 0.0727 e. The number of hydrogen-bond donors (Lipinski definition) is 1. The van der Waals surface area contributed by atoms with Gasteiger partial charge in [-0.05, 0) is 49.2 Å². The van der Waals surface area contributed by atoms with E-state index in [0.29, 0.717) is 5.02 Å². The molecule has 0 amide bonds. The molecule has 3 heteroatoms. The second kappa shape index (κ2) is 4.86. The largest absolute Gasteiger partial charge is 0.319 e. The fraction of sp³-hybridized carbons (Fsp3) is 0.214. The third-order valence-corrected chi connectivity index (χ3v) is 2.88. The predicted octanol–water partition coefficient (Wildman–Crippen LogP) is 3.40. The molecule has 0 aliphatic carbocycles. The molecule has 0 saturated carbocycles. The van der Waals surface area contributed by atoms with Crippen LogP contribution in [0.15, 0.2) is 36.4 Å². The number of hydrogen-bond acceptors (Lipinski definition) is 2. The van der Waals surface area contributed by atoms with Gasteiger partial charge in [0.15, 0.2) is 0 Å². The van der Waals surface area contributed by atoms with Gasteiger partial charge in [0.1, 0.15) is 0 Å². The first-order valence-electron chi connectivity index (χ1n) is 5.52. The van der Waals surface area contributed by atoms with E-state index in [2.05, 4.69) is 4.98 Å². The summed E-state index contributed by atoms with van der Waals surface area (Å²) in [5.74, 6) is 0. The van der Waals surface area contributed by atoms with E-state index in [4.69, 9.17) is 17.3 Å². The zero-order valence-corrected chi connectivity index (χ0v) is 10.7. The maximum Gasteiger partial charge on any atom is 0.0727 e. The molecule has 0 spiro atoms. The molecule has 0 aliphatic heterocycles. The predicted molar refractivity (Wildman–Crippen MR) is 71.2 cm³/mol. The van der Waals surface area contributed by atoms with E-state index in [-0.39, 0.29) is 6.04 Å². The highest BCUT2D eigenvalue weighted by Gasteiger charge is 2.11. The zero-order valence-electron chi connectivity index (χ0n) is 9.94. The molecule has 1 unspecified atom stereocenters. The molecule has 1 aromatic carbocycles. The Morgan fingerprint density at radius 3 is 2.59 bits per heavy atom. The number of rotatable bonds is 2. The minimum absolute atomic E-state index is 0.229. The van der Waals surface area contributed by atoms with Crippen LogP contribution >= 0.6 is 11.6 Å². The van der Waals surface area contributed by atoms with Crippen molar-refractivity contribution in [2.24, 2.45) is 5.73 Å². The minimum Gasteiger partial charge on any atom is -0.319 e. The van der Waals surface area contributed by atoms with Crippen LogP contribution in [0.5, 0.6) is 0 Å². The SMILES string of the molecule is Cc1cc(C)nc(C(N)c2cccc(Cl)c2)c1. The van der Waals surface area contributed by atoms with Gasteiger partial charge in [-0.15, -0.1) is 0 Å². The maximum atomic E-state index is 6.20. The molecule has 1 heterocycles. The first kappa shape index (κ1) is 12.1. The van der Waals surface area contributed by atoms with Gasteiger partial charge >= 0.3 is 0 Å². The summed E-state index contributed by atoms with van der Waals surface area (Å²) < 4.78 is 0. The summed E-state index contributed by atoms with van der Waals surface area (Å²) in [4.78, 5) is 4.47. The second-order valence-corrected chi connectivity index (χ2v) is 4.68. The third kappa shape index (κ3) is 2.84. The number of benzene rings is 1. The van der Waals surface area contributed by atoms with Crippen LogP contribution in [0.1, 0.15) is 28.6 Å². The van der Waals surface area contributed by atoms with Gasteiger partial charge in [-0.1, -0.05) is 23.7 Å². The molecule has 2 nitrogen and oxygen atoms in total. The second-order valence-electron chi connectivity index (χ2n) is 4.24. The zero-order chi connectivity index (χ0) is 12.4. The van der Waals surface area contributed by atoms with Gasteiger partial charge in [-0.25, -0.2) is 0 Å². The number of aryl methyl sites for hydroxylation is 2. The molecule has 0 bridgehead atoms. The van der Waals surface area contributed by atoms with Crippen LogP contribution in [0.4, 0.5) is 0 Å². The number of nitrogens with two attached hydrogens (primary N) is 1. The Labute approximate surface area is 106 Å². The monoisotopic (exact) mass is 246 g/mol. The fourth-order valence-corrected chi connectivity index (χ4v) is 2.10. The Morgan fingerprint density at radius 2 is 1.94 bits per heavy atom. The van der Waals surface area contributed by atoms with E-state index in [1.165, 1.54) is 5.56 Å². The third-order valence-electron chi connectivity index (χ3n) is 2.64. The number of pyridine rings is 1. The van der Waals surface area contributed by atoms with Crippen molar-refractivity contribution in [1.82, 2.24) is 4.98 Å². The summed E-state index contributed by atoms with van der Waals surface area (Å²) >= 11 is 5.96.